The Morgan fingerprint density at radius 3 is 2.27 bits per heavy atom. The largest absolute Gasteiger partial charge is 0.314 e. The lowest BCUT2D eigenvalue weighted by Crippen LogP contribution is -2.37. The Kier molecular flexibility index (Phi) is 4.49. The summed E-state index contributed by atoms with van der Waals surface area (Å²) in [6.07, 6.45) is 13.1. The predicted molar refractivity (Wildman–Crippen MR) is 66.0 cm³/mol. The zero-order valence-corrected chi connectivity index (χ0v) is 10.3. The second-order valence-electron chi connectivity index (χ2n) is 5.77. The van der Waals surface area contributed by atoms with Crippen molar-refractivity contribution in [2.45, 2.75) is 70.8 Å². The highest BCUT2D eigenvalue weighted by Gasteiger charge is 2.22. The number of hydrogen-bond donors (Lipinski definition) is 1. The van der Waals surface area contributed by atoms with Gasteiger partial charge in [-0.25, -0.2) is 0 Å². The average molecular weight is 209 g/mol. The van der Waals surface area contributed by atoms with Gasteiger partial charge in [0.2, 0.25) is 0 Å². The van der Waals surface area contributed by atoms with E-state index in [9.17, 15) is 0 Å². The molecule has 0 aromatic carbocycles. The zero-order chi connectivity index (χ0) is 10.5. The maximum absolute atomic E-state index is 3.82. The van der Waals surface area contributed by atoms with Crippen LogP contribution >= 0.6 is 0 Å². The molecule has 0 aromatic heterocycles. The van der Waals surface area contributed by atoms with Gasteiger partial charge >= 0.3 is 0 Å². The fourth-order valence-corrected chi connectivity index (χ4v) is 3.32. The van der Waals surface area contributed by atoms with E-state index in [-0.39, 0.29) is 0 Å². The molecule has 2 aliphatic carbocycles. The lowest BCUT2D eigenvalue weighted by atomic mass is 9.80. The molecule has 2 atom stereocenters. The van der Waals surface area contributed by atoms with Gasteiger partial charge in [0.1, 0.15) is 0 Å². The molecule has 0 aromatic rings. The van der Waals surface area contributed by atoms with Gasteiger partial charge in [-0.2, -0.15) is 0 Å². The predicted octanol–water partition coefficient (Wildman–Crippen LogP) is 3.74. The van der Waals surface area contributed by atoms with E-state index in [1.165, 1.54) is 64.3 Å². The van der Waals surface area contributed by atoms with E-state index in [1.807, 2.05) is 0 Å². The molecule has 0 heterocycles. The smallest absolute Gasteiger partial charge is 0.00671 e. The average Bonchev–Trinajstić information content (AvgIpc) is 2.29. The Hall–Kier alpha value is -0.0400. The minimum absolute atomic E-state index is 0.855. The van der Waals surface area contributed by atoms with Gasteiger partial charge in [0, 0.05) is 6.04 Å². The van der Waals surface area contributed by atoms with Crippen LogP contribution in [0.2, 0.25) is 0 Å². The van der Waals surface area contributed by atoms with Gasteiger partial charge in [0.05, 0.1) is 0 Å². The first-order valence-electron chi connectivity index (χ1n) is 7.09. The van der Waals surface area contributed by atoms with Crippen LogP contribution in [-0.2, 0) is 0 Å². The second-order valence-corrected chi connectivity index (χ2v) is 5.77. The molecule has 1 nitrogen and oxygen atoms in total. The van der Waals surface area contributed by atoms with E-state index in [2.05, 4.69) is 12.2 Å². The van der Waals surface area contributed by atoms with E-state index in [1.54, 1.807) is 0 Å². The van der Waals surface area contributed by atoms with Crippen LogP contribution in [0.4, 0.5) is 0 Å². The molecule has 2 unspecified atom stereocenters. The number of rotatable bonds is 3. The van der Waals surface area contributed by atoms with Crippen LogP contribution in [0.3, 0.4) is 0 Å². The minimum Gasteiger partial charge on any atom is -0.314 e. The van der Waals surface area contributed by atoms with Crippen molar-refractivity contribution < 1.29 is 0 Å². The quantitative estimate of drug-likeness (QED) is 0.746. The van der Waals surface area contributed by atoms with Crippen LogP contribution in [0, 0.1) is 11.8 Å². The molecule has 1 heteroatoms. The molecule has 0 spiro atoms. The van der Waals surface area contributed by atoms with Crippen LogP contribution in [0.5, 0.6) is 0 Å². The van der Waals surface area contributed by atoms with Crippen molar-refractivity contribution >= 4 is 0 Å². The lowest BCUT2D eigenvalue weighted by molar-refractivity contribution is 0.231. The van der Waals surface area contributed by atoms with E-state index in [0.29, 0.717) is 0 Å². The molecule has 0 bridgehead atoms. The van der Waals surface area contributed by atoms with Crippen molar-refractivity contribution in [1.82, 2.24) is 5.32 Å². The van der Waals surface area contributed by atoms with Crippen LogP contribution in [-0.4, -0.2) is 12.6 Å². The Morgan fingerprint density at radius 1 is 0.867 bits per heavy atom. The first-order chi connectivity index (χ1) is 7.36. The van der Waals surface area contributed by atoms with Crippen LogP contribution in [0.1, 0.15) is 64.7 Å². The molecule has 0 saturated heterocycles. The lowest BCUT2D eigenvalue weighted by Gasteiger charge is -2.31. The van der Waals surface area contributed by atoms with Gasteiger partial charge < -0.3 is 5.32 Å². The van der Waals surface area contributed by atoms with Crippen molar-refractivity contribution in [3.8, 4) is 0 Å². The summed E-state index contributed by atoms with van der Waals surface area (Å²) in [7, 11) is 0. The topological polar surface area (TPSA) is 12.0 Å². The number of hydrogen-bond acceptors (Lipinski definition) is 1. The van der Waals surface area contributed by atoms with Crippen LogP contribution in [0.15, 0.2) is 0 Å². The summed E-state index contributed by atoms with van der Waals surface area (Å²) in [4.78, 5) is 0. The fourth-order valence-electron chi connectivity index (χ4n) is 3.32. The van der Waals surface area contributed by atoms with Crippen molar-refractivity contribution in [3.05, 3.63) is 0 Å². The molecule has 2 rings (SSSR count). The summed E-state index contributed by atoms with van der Waals surface area (Å²) in [5, 5.41) is 3.82. The molecule has 15 heavy (non-hydrogen) atoms. The maximum atomic E-state index is 3.82. The van der Waals surface area contributed by atoms with E-state index in [0.717, 1.165) is 17.9 Å². The molecule has 88 valence electrons. The Labute approximate surface area is 95.0 Å². The van der Waals surface area contributed by atoms with Crippen molar-refractivity contribution in [2.24, 2.45) is 11.8 Å². The highest BCUT2D eigenvalue weighted by Crippen LogP contribution is 2.29. The van der Waals surface area contributed by atoms with Gasteiger partial charge in [-0.1, -0.05) is 45.4 Å². The summed E-state index contributed by atoms with van der Waals surface area (Å²) < 4.78 is 0. The minimum atomic E-state index is 0.855. The molecule has 0 amide bonds. The zero-order valence-electron chi connectivity index (χ0n) is 10.3. The molecular formula is C14H27N. The van der Waals surface area contributed by atoms with Gasteiger partial charge in [0.15, 0.2) is 0 Å². The summed E-state index contributed by atoms with van der Waals surface area (Å²) in [6.45, 7) is 3.75. The van der Waals surface area contributed by atoms with Gasteiger partial charge in [-0.05, 0) is 37.6 Å². The maximum Gasteiger partial charge on any atom is 0.00671 e. The highest BCUT2D eigenvalue weighted by molar-refractivity contribution is 4.78. The molecule has 0 radical (unpaired) electrons. The van der Waals surface area contributed by atoms with Gasteiger partial charge in [-0.15, -0.1) is 0 Å². The Bertz CT molecular complexity index is 172. The number of nitrogens with one attached hydrogen (secondary N) is 1. The van der Waals surface area contributed by atoms with Gasteiger partial charge in [0.25, 0.3) is 0 Å². The first-order valence-corrected chi connectivity index (χ1v) is 7.09. The van der Waals surface area contributed by atoms with Crippen molar-refractivity contribution in [2.75, 3.05) is 6.54 Å². The van der Waals surface area contributed by atoms with Gasteiger partial charge in [-0.3, -0.25) is 0 Å². The summed E-state index contributed by atoms with van der Waals surface area (Å²) in [5.41, 5.74) is 0. The third-order valence-corrected chi connectivity index (χ3v) is 4.56. The third-order valence-electron chi connectivity index (χ3n) is 4.56. The molecule has 2 fully saturated rings. The van der Waals surface area contributed by atoms with Crippen LogP contribution < -0.4 is 5.32 Å². The van der Waals surface area contributed by atoms with Crippen LogP contribution in [0.25, 0.3) is 0 Å². The van der Waals surface area contributed by atoms with Crippen molar-refractivity contribution in [3.63, 3.8) is 0 Å². The Balaban J connectivity index is 1.67. The van der Waals surface area contributed by atoms with E-state index in [4.69, 9.17) is 0 Å². The Morgan fingerprint density at radius 2 is 1.53 bits per heavy atom. The molecular weight excluding hydrogens is 182 g/mol. The summed E-state index contributed by atoms with van der Waals surface area (Å²) in [5.74, 6) is 1.94. The highest BCUT2D eigenvalue weighted by atomic mass is 14.9. The molecule has 1 N–H and O–H groups in total. The summed E-state index contributed by atoms with van der Waals surface area (Å²) in [6, 6.07) is 0.855. The normalized spacial score (nSPS) is 34.2. The molecule has 2 saturated carbocycles. The standard InChI is InChI=1S/C14H27N/c1-12-7-5-6-8-13(12)11-15-14-9-3-2-4-10-14/h12-15H,2-11H2,1H3. The monoisotopic (exact) mass is 209 g/mol. The first kappa shape index (κ1) is 11.4. The SMILES string of the molecule is CC1CCCCC1CNC1CCCCC1. The van der Waals surface area contributed by atoms with E-state index >= 15 is 0 Å². The molecule has 2 aliphatic rings. The third kappa shape index (κ3) is 3.48. The van der Waals surface area contributed by atoms with E-state index < -0.39 is 0 Å². The fraction of sp³-hybridized carbons (Fsp3) is 1.00. The second kappa shape index (κ2) is 5.89. The summed E-state index contributed by atoms with van der Waals surface area (Å²) >= 11 is 0. The van der Waals surface area contributed by atoms with Crippen molar-refractivity contribution in [1.29, 1.82) is 0 Å². The molecule has 0 aliphatic heterocycles.